The number of aromatic nitrogens is 2. The molecule has 0 spiro atoms. The van der Waals surface area contributed by atoms with E-state index in [0.29, 0.717) is 25.1 Å². The van der Waals surface area contributed by atoms with Gasteiger partial charge in [-0.2, -0.15) is 9.97 Å². The maximum atomic E-state index is 6.01. The first-order valence-corrected chi connectivity index (χ1v) is 10.4. The van der Waals surface area contributed by atoms with E-state index in [1.807, 2.05) is 30.3 Å². The zero-order chi connectivity index (χ0) is 19.3. The molecule has 0 saturated heterocycles. The lowest BCUT2D eigenvalue weighted by molar-refractivity contribution is 0.258. The zero-order valence-electron chi connectivity index (χ0n) is 17.1. The van der Waals surface area contributed by atoms with E-state index in [1.54, 1.807) is 6.20 Å². The van der Waals surface area contributed by atoms with Crippen LogP contribution in [0, 0.1) is 5.92 Å². The van der Waals surface area contributed by atoms with Crippen molar-refractivity contribution in [3.05, 3.63) is 36.5 Å². The van der Waals surface area contributed by atoms with Gasteiger partial charge in [0.05, 0.1) is 19.4 Å². The highest BCUT2D eigenvalue weighted by Crippen LogP contribution is 2.29. The summed E-state index contributed by atoms with van der Waals surface area (Å²) in [5.41, 5.74) is 1.82. The molecular weight excluding hydrogens is 336 g/mol. The van der Waals surface area contributed by atoms with Crippen LogP contribution in [0.4, 0.5) is 0 Å². The second kappa shape index (κ2) is 12.3. The average molecular weight is 371 g/mol. The Labute approximate surface area is 164 Å². The summed E-state index contributed by atoms with van der Waals surface area (Å²) in [6, 6.07) is 10.5. The number of hydrogen-bond donors (Lipinski definition) is 0. The third kappa shape index (κ3) is 7.58. The van der Waals surface area contributed by atoms with Crippen molar-refractivity contribution in [2.24, 2.45) is 5.92 Å². The molecule has 2 rings (SSSR count). The Balaban J connectivity index is 2.02. The van der Waals surface area contributed by atoms with Crippen molar-refractivity contribution in [2.45, 2.75) is 65.7 Å². The predicted octanol–water partition coefficient (Wildman–Crippen LogP) is 6.31. The van der Waals surface area contributed by atoms with Gasteiger partial charge in [-0.1, -0.05) is 83.2 Å². The number of rotatable bonds is 13. The molecule has 2 aromatic rings. The van der Waals surface area contributed by atoms with Crippen LogP contribution in [0.25, 0.3) is 11.3 Å². The van der Waals surface area contributed by atoms with Crippen LogP contribution in [-0.2, 0) is 0 Å². The summed E-state index contributed by atoms with van der Waals surface area (Å²) >= 11 is 0. The van der Waals surface area contributed by atoms with Gasteiger partial charge in [-0.3, -0.25) is 0 Å². The van der Waals surface area contributed by atoms with Gasteiger partial charge in [0.2, 0.25) is 0 Å². The Bertz CT molecular complexity index is 646. The van der Waals surface area contributed by atoms with Crippen LogP contribution in [0.5, 0.6) is 11.8 Å². The molecule has 0 saturated carbocycles. The maximum Gasteiger partial charge on any atom is 0.317 e. The van der Waals surface area contributed by atoms with Gasteiger partial charge in [0.1, 0.15) is 5.69 Å². The van der Waals surface area contributed by atoms with Crippen LogP contribution < -0.4 is 9.47 Å². The van der Waals surface area contributed by atoms with Gasteiger partial charge in [-0.05, 0) is 18.8 Å². The van der Waals surface area contributed by atoms with Crippen molar-refractivity contribution in [1.82, 2.24) is 9.97 Å². The second-order valence-electron chi connectivity index (χ2n) is 7.14. The lowest BCUT2D eigenvalue weighted by Gasteiger charge is -2.13. The first kappa shape index (κ1) is 21.2. The molecule has 0 aliphatic carbocycles. The minimum absolute atomic E-state index is 0.424. The van der Waals surface area contributed by atoms with E-state index >= 15 is 0 Å². The lowest BCUT2D eigenvalue weighted by Crippen LogP contribution is -2.07. The quantitative estimate of drug-likeness (QED) is 0.388. The van der Waals surface area contributed by atoms with Crippen LogP contribution in [0.15, 0.2) is 36.5 Å². The third-order valence-electron chi connectivity index (χ3n) is 4.82. The third-order valence-corrected chi connectivity index (χ3v) is 4.82. The molecule has 0 amide bonds. The van der Waals surface area contributed by atoms with Crippen LogP contribution >= 0.6 is 0 Å². The summed E-state index contributed by atoms with van der Waals surface area (Å²) in [7, 11) is 0. The minimum Gasteiger partial charge on any atom is -0.490 e. The fourth-order valence-electron chi connectivity index (χ4n) is 2.78. The van der Waals surface area contributed by atoms with Crippen molar-refractivity contribution in [3.8, 4) is 23.0 Å². The molecule has 1 atom stereocenters. The number of nitrogens with zero attached hydrogens (tertiary/aromatic N) is 2. The first-order chi connectivity index (χ1) is 13.2. The lowest BCUT2D eigenvalue weighted by atomic mass is 10.1. The van der Waals surface area contributed by atoms with E-state index in [0.717, 1.165) is 36.3 Å². The summed E-state index contributed by atoms with van der Waals surface area (Å²) in [5.74, 6) is 1.37. The molecule has 1 aromatic heterocycles. The molecule has 4 heteroatoms. The van der Waals surface area contributed by atoms with Gasteiger partial charge >= 0.3 is 6.01 Å². The first-order valence-electron chi connectivity index (χ1n) is 10.4. The number of unbranched alkanes of at least 4 members (excludes halogenated alkanes) is 4. The molecule has 0 fully saturated rings. The van der Waals surface area contributed by atoms with Crippen molar-refractivity contribution < 1.29 is 9.47 Å². The highest BCUT2D eigenvalue weighted by Gasteiger charge is 2.12. The Kier molecular flexibility index (Phi) is 9.67. The molecule has 1 unspecified atom stereocenters. The molecule has 4 nitrogen and oxygen atoms in total. The van der Waals surface area contributed by atoms with Crippen molar-refractivity contribution in [2.75, 3.05) is 13.2 Å². The van der Waals surface area contributed by atoms with Crippen molar-refractivity contribution in [3.63, 3.8) is 0 Å². The van der Waals surface area contributed by atoms with E-state index in [9.17, 15) is 0 Å². The fraction of sp³-hybridized carbons (Fsp3) is 0.565. The summed E-state index contributed by atoms with van der Waals surface area (Å²) in [6.07, 6.45) is 9.99. The van der Waals surface area contributed by atoms with Gasteiger partial charge in [0.25, 0.3) is 0 Å². The predicted molar refractivity (Wildman–Crippen MR) is 111 cm³/mol. The molecule has 0 aliphatic rings. The molecule has 0 radical (unpaired) electrons. The normalized spacial score (nSPS) is 12.0. The largest absolute Gasteiger partial charge is 0.490 e. The van der Waals surface area contributed by atoms with Gasteiger partial charge < -0.3 is 9.47 Å². The number of benzene rings is 1. The second-order valence-corrected chi connectivity index (χ2v) is 7.14. The van der Waals surface area contributed by atoms with E-state index in [4.69, 9.17) is 9.47 Å². The summed E-state index contributed by atoms with van der Waals surface area (Å²) in [5, 5.41) is 0. The van der Waals surface area contributed by atoms with Gasteiger partial charge in [-0.15, -0.1) is 0 Å². The van der Waals surface area contributed by atoms with Crippen LogP contribution in [0.1, 0.15) is 65.7 Å². The SMILES string of the molecule is CCCCCCCOc1cnc(OCCC(C)CC)nc1-c1ccccc1. The van der Waals surface area contributed by atoms with E-state index in [2.05, 4.69) is 30.7 Å². The molecular formula is C23H34N2O2. The molecule has 0 bridgehead atoms. The van der Waals surface area contributed by atoms with Crippen molar-refractivity contribution >= 4 is 0 Å². The van der Waals surface area contributed by atoms with Gasteiger partial charge in [0.15, 0.2) is 5.75 Å². The van der Waals surface area contributed by atoms with Crippen LogP contribution in [0.2, 0.25) is 0 Å². The Morgan fingerprint density at radius 3 is 2.44 bits per heavy atom. The topological polar surface area (TPSA) is 44.2 Å². The molecule has 148 valence electrons. The van der Waals surface area contributed by atoms with E-state index < -0.39 is 0 Å². The minimum atomic E-state index is 0.424. The summed E-state index contributed by atoms with van der Waals surface area (Å²) in [4.78, 5) is 8.99. The van der Waals surface area contributed by atoms with E-state index in [-0.39, 0.29) is 0 Å². The number of hydrogen-bond acceptors (Lipinski definition) is 4. The van der Waals surface area contributed by atoms with E-state index in [1.165, 1.54) is 25.7 Å². The summed E-state index contributed by atoms with van der Waals surface area (Å²) < 4.78 is 11.8. The van der Waals surface area contributed by atoms with Gasteiger partial charge in [-0.25, -0.2) is 0 Å². The van der Waals surface area contributed by atoms with Crippen molar-refractivity contribution in [1.29, 1.82) is 0 Å². The molecule has 1 aromatic carbocycles. The van der Waals surface area contributed by atoms with Crippen LogP contribution in [0.3, 0.4) is 0 Å². The Hall–Kier alpha value is -2.10. The maximum absolute atomic E-state index is 6.01. The van der Waals surface area contributed by atoms with Gasteiger partial charge in [0, 0.05) is 5.56 Å². The Morgan fingerprint density at radius 2 is 1.70 bits per heavy atom. The molecule has 0 N–H and O–H groups in total. The van der Waals surface area contributed by atoms with Crippen LogP contribution in [-0.4, -0.2) is 23.2 Å². The highest BCUT2D eigenvalue weighted by molar-refractivity contribution is 5.65. The fourth-order valence-corrected chi connectivity index (χ4v) is 2.78. The summed E-state index contributed by atoms with van der Waals surface area (Å²) in [6.45, 7) is 7.99. The molecule has 0 aliphatic heterocycles. The monoisotopic (exact) mass is 370 g/mol. The smallest absolute Gasteiger partial charge is 0.317 e. The average Bonchev–Trinajstić information content (AvgIpc) is 2.71. The Morgan fingerprint density at radius 1 is 0.926 bits per heavy atom. The number of ether oxygens (including phenoxy) is 2. The molecule has 27 heavy (non-hydrogen) atoms. The molecule has 1 heterocycles. The zero-order valence-corrected chi connectivity index (χ0v) is 17.1. The standard InChI is InChI=1S/C23H34N2O2/c1-4-6-7-8-12-16-26-21-18-24-23(27-17-15-19(3)5-2)25-22(21)20-13-10-9-11-14-20/h9-11,13-14,18-19H,4-8,12,15-17H2,1-3H3. The highest BCUT2D eigenvalue weighted by atomic mass is 16.5.